The Kier molecular flexibility index (Phi) is 630. The Morgan fingerprint density at radius 3 is 0.500 bits per heavy atom. The van der Waals surface area contributed by atoms with Crippen molar-refractivity contribution in [3.05, 3.63) is 0 Å². The summed E-state index contributed by atoms with van der Waals surface area (Å²) < 4.78 is 0. The molecule has 1 nitrogen and oxygen atoms in total. The zero-order valence-electron chi connectivity index (χ0n) is 3.12. The molecule has 0 atom stereocenters. The van der Waals surface area contributed by atoms with E-state index in [4.69, 9.17) is 4.79 Å². The summed E-state index contributed by atoms with van der Waals surface area (Å²) >= 11 is 0. The van der Waals surface area contributed by atoms with E-state index in [1.807, 2.05) is 6.79 Å². The molecule has 0 aliphatic carbocycles. The monoisotopic (exact) mass is 647 g/mol. The molecule has 0 aliphatic rings. The van der Waals surface area contributed by atoms with Gasteiger partial charge in [-0.1, -0.05) is 0 Å². The molecule has 0 aromatic carbocycles. The van der Waals surface area contributed by atoms with Crippen LogP contribution in [0.1, 0.15) is 0 Å². The van der Waals surface area contributed by atoms with Crippen molar-refractivity contribution in [3.8, 4) is 0 Å². The Hall–Kier alpha value is 3.41. The standard InChI is InChI=1S/CH2O.6Rh/c1-2;;;;;;/h1H2;;;;;;. The van der Waals surface area contributed by atoms with Crippen LogP contribution >= 0.6 is 0 Å². The van der Waals surface area contributed by atoms with Crippen molar-refractivity contribution in [2.45, 2.75) is 0 Å². The van der Waals surface area contributed by atoms with Crippen LogP contribution in [0.5, 0.6) is 0 Å². The fourth-order valence-corrected chi connectivity index (χ4v) is 0. The number of carbonyl (C=O) groups excluding carboxylic acids is 1. The van der Waals surface area contributed by atoms with Crippen LogP contribution in [0.25, 0.3) is 0 Å². The molecule has 0 amide bonds. The van der Waals surface area contributed by atoms with E-state index in [-0.39, 0.29) is 117 Å². The van der Waals surface area contributed by atoms with Gasteiger partial charge in [-0.3, -0.25) is 0 Å². The molecule has 0 heterocycles. The fraction of sp³-hybridized carbons (Fsp3) is 0. The first-order chi connectivity index (χ1) is 1.00. The second-order valence-electron chi connectivity index (χ2n) is 0. The summed E-state index contributed by atoms with van der Waals surface area (Å²) in [6.45, 7) is 2.00. The Morgan fingerprint density at radius 2 is 0.500 bits per heavy atom. The van der Waals surface area contributed by atoms with E-state index in [1.54, 1.807) is 0 Å². The van der Waals surface area contributed by atoms with Crippen LogP contribution in [0, 0.1) is 0 Å². The maximum Gasteiger partial charge on any atom is 0.106 e. The largest absolute Gasteiger partial charge is 0.307 e. The quantitative estimate of drug-likeness (QED) is 0.334. The zero-order valence-corrected chi connectivity index (χ0v) is 12.9. The molecule has 0 aromatic rings. The van der Waals surface area contributed by atoms with Crippen LogP contribution in [0.15, 0.2) is 0 Å². The van der Waals surface area contributed by atoms with E-state index in [1.165, 1.54) is 0 Å². The topological polar surface area (TPSA) is 17.1 Å². The molecule has 8 heavy (non-hydrogen) atoms. The van der Waals surface area contributed by atoms with E-state index >= 15 is 0 Å². The maximum absolute atomic E-state index is 8.00. The van der Waals surface area contributed by atoms with Crippen LogP contribution in [0.2, 0.25) is 0 Å². The minimum Gasteiger partial charge on any atom is -0.307 e. The Morgan fingerprint density at radius 1 is 0.500 bits per heavy atom. The Bertz CT molecular complexity index is 8.49. The molecule has 0 aromatic heterocycles. The maximum atomic E-state index is 8.00. The van der Waals surface area contributed by atoms with E-state index in [0.717, 1.165) is 0 Å². The molecule has 0 aliphatic heterocycles. The van der Waals surface area contributed by atoms with Crippen molar-refractivity contribution in [1.82, 2.24) is 0 Å². The van der Waals surface area contributed by atoms with Crippen molar-refractivity contribution in [1.29, 1.82) is 0 Å². The number of carbonyl (C=O) groups is 1. The first-order valence-electron chi connectivity index (χ1n) is 0.289. The van der Waals surface area contributed by atoms with Crippen molar-refractivity contribution in [2.24, 2.45) is 0 Å². The molecule has 7 heteroatoms. The van der Waals surface area contributed by atoms with E-state index in [2.05, 4.69) is 0 Å². The summed E-state index contributed by atoms with van der Waals surface area (Å²) in [6.07, 6.45) is 0. The van der Waals surface area contributed by atoms with Gasteiger partial charge in [-0.25, -0.2) is 0 Å². The molecule has 6 radical (unpaired) electrons. The molecular weight excluding hydrogens is 645 g/mol. The van der Waals surface area contributed by atoms with Crippen LogP contribution in [0.4, 0.5) is 0 Å². The molecule has 0 fully saturated rings. The second-order valence-corrected chi connectivity index (χ2v) is 0. The third kappa shape index (κ3) is 57.2. The second kappa shape index (κ2) is 79.3. The van der Waals surface area contributed by atoms with Crippen molar-refractivity contribution in [2.75, 3.05) is 0 Å². The average molecular weight is 647 g/mol. The zero-order chi connectivity index (χ0) is 2.00. The van der Waals surface area contributed by atoms with Gasteiger partial charge in [0.2, 0.25) is 0 Å². The van der Waals surface area contributed by atoms with Gasteiger partial charge in [-0.15, -0.1) is 0 Å². The van der Waals surface area contributed by atoms with E-state index in [9.17, 15) is 0 Å². The summed E-state index contributed by atoms with van der Waals surface area (Å²) in [4.78, 5) is 8.00. The van der Waals surface area contributed by atoms with Crippen molar-refractivity contribution in [3.63, 3.8) is 0 Å². The molecule has 0 bridgehead atoms. The summed E-state index contributed by atoms with van der Waals surface area (Å²) in [6, 6.07) is 0. The third-order valence-corrected chi connectivity index (χ3v) is 0. The van der Waals surface area contributed by atoms with Gasteiger partial charge >= 0.3 is 0 Å². The van der Waals surface area contributed by atoms with Gasteiger partial charge in [0, 0.05) is 117 Å². The van der Waals surface area contributed by atoms with Crippen LogP contribution in [-0.2, 0) is 122 Å². The molecule has 0 saturated heterocycles. The molecule has 0 spiro atoms. The van der Waals surface area contributed by atoms with Gasteiger partial charge < -0.3 is 4.79 Å². The number of rotatable bonds is 0. The smallest absolute Gasteiger partial charge is 0.106 e. The van der Waals surface area contributed by atoms with Crippen LogP contribution in [-0.4, -0.2) is 6.79 Å². The predicted molar refractivity (Wildman–Crippen MR) is 7.12 cm³/mol. The van der Waals surface area contributed by atoms with Gasteiger partial charge in [-0.2, -0.15) is 0 Å². The molecular formula is CH2ORh6. The molecule has 0 N–H and O–H groups in total. The summed E-state index contributed by atoms with van der Waals surface area (Å²) in [5.41, 5.74) is 0. The van der Waals surface area contributed by atoms with Gasteiger partial charge in [-0.05, 0) is 0 Å². The Balaban J connectivity index is -0.000000000333. The van der Waals surface area contributed by atoms with Gasteiger partial charge in [0.15, 0.2) is 0 Å². The minimum atomic E-state index is 0. The van der Waals surface area contributed by atoms with Gasteiger partial charge in [0.1, 0.15) is 6.79 Å². The summed E-state index contributed by atoms with van der Waals surface area (Å²) in [7, 11) is 0. The number of hydrogen-bond donors (Lipinski definition) is 0. The molecule has 66 valence electrons. The van der Waals surface area contributed by atoms with Gasteiger partial charge in [0.05, 0.1) is 0 Å². The first-order valence-corrected chi connectivity index (χ1v) is 0.289. The Labute approximate surface area is 126 Å². The first kappa shape index (κ1) is 63.6. The normalized spacial score (nSPS) is 0.500. The SMILES string of the molecule is C=O.[Rh].[Rh].[Rh].[Rh].[Rh].[Rh]. The number of hydrogen-bond acceptors (Lipinski definition) is 1. The van der Waals surface area contributed by atoms with Crippen molar-refractivity contribution < 1.29 is 122 Å². The summed E-state index contributed by atoms with van der Waals surface area (Å²) in [5, 5.41) is 0. The van der Waals surface area contributed by atoms with Gasteiger partial charge in [0.25, 0.3) is 0 Å². The molecule has 0 rings (SSSR count). The summed E-state index contributed by atoms with van der Waals surface area (Å²) in [5.74, 6) is 0. The van der Waals surface area contributed by atoms with E-state index in [0.29, 0.717) is 0 Å². The third-order valence-electron chi connectivity index (χ3n) is 0. The molecule has 0 unspecified atom stereocenters. The fourth-order valence-electron chi connectivity index (χ4n) is 0. The van der Waals surface area contributed by atoms with Crippen molar-refractivity contribution >= 4 is 6.79 Å². The molecule has 0 saturated carbocycles. The van der Waals surface area contributed by atoms with Crippen LogP contribution in [0.3, 0.4) is 0 Å². The predicted octanol–water partition coefficient (Wildman–Crippen LogP) is -0.200. The average Bonchev–Trinajstić information content (AvgIpc) is 1.00. The van der Waals surface area contributed by atoms with E-state index < -0.39 is 0 Å². The van der Waals surface area contributed by atoms with Crippen LogP contribution < -0.4 is 0 Å². The minimum absolute atomic E-state index is 0.